The predicted octanol–water partition coefficient (Wildman–Crippen LogP) is -0.399. The molecule has 0 aromatic carbocycles. The zero-order valence-corrected chi connectivity index (χ0v) is 10.3. The van der Waals surface area contributed by atoms with Gasteiger partial charge in [0.25, 0.3) is 0 Å². The minimum Gasteiger partial charge on any atom is -0.391 e. The Hall–Kier alpha value is -0.830. The van der Waals surface area contributed by atoms with E-state index in [0.717, 1.165) is 5.69 Å². The van der Waals surface area contributed by atoms with Crippen molar-refractivity contribution in [2.75, 3.05) is 12.3 Å². The molecular formula is C8H15N5OS2. The van der Waals surface area contributed by atoms with E-state index in [2.05, 4.69) is 9.98 Å². The summed E-state index contributed by atoms with van der Waals surface area (Å²) in [6, 6.07) is 0. The molecule has 0 saturated heterocycles. The number of aromatic nitrogens is 1. The number of aliphatic hydroxyl groups excluding tert-OH is 1. The zero-order valence-electron chi connectivity index (χ0n) is 8.67. The quantitative estimate of drug-likeness (QED) is 0.408. The van der Waals surface area contributed by atoms with Crippen molar-refractivity contribution in [3.8, 4) is 0 Å². The molecule has 6 nitrogen and oxygen atoms in total. The molecule has 16 heavy (non-hydrogen) atoms. The maximum Gasteiger partial charge on any atom is 0.212 e. The van der Waals surface area contributed by atoms with Crippen molar-refractivity contribution in [2.24, 2.45) is 22.2 Å². The zero-order chi connectivity index (χ0) is 12.0. The van der Waals surface area contributed by atoms with Crippen LogP contribution in [-0.2, 0) is 5.75 Å². The normalized spacial score (nSPS) is 12.4. The van der Waals surface area contributed by atoms with Gasteiger partial charge in [-0.25, -0.2) is 4.98 Å². The number of aliphatic hydroxyl groups is 1. The van der Waals surface area contributed by atoms with Crippen LogP contribution in [0.25, 0.3) is 0 Å². The van der Waals surface area contributed by atoms with Gasteiger partial charge >= 0.3 is 0 Å². The van der Waals surface area contributed by atoms with E-state index in [0.29, 0.717) is 16.6 Å². The molecule has 0 fully saturated rings. The Kier molecular flexibility index (Phi) is 5.53. The first-order valence-electron chi connectivity index (χ1n) is 4.61. The lowest BCUT2D eigenvalue weighted by Crippen LogP contribution is -2.22. The summed E-state index contributed by atoms with van der Waals surface area (Å²) in [5.41, 5.74) is 16.7. The van der Waals surface area contributed by atoms with E-state index in [1.165, 1.54) is 11.3 Å². The van der Waals surface area contributed by atoms with Crippen LogP contribution in [0.4, 0.5) is 5.13 Å². The van der Waals surface area contributed by atoms with Crippen molar-refractivity contribution in [2.45, 2.75) is 11.9 Å². The van der Waals surface area contributed by atoms with Crippen LogP contribution in [0.5, 0.6) is 0 Å². The minimum atomic E-state index is -0.458. The van der Waals surface area contributed by atoms with Crippen LogP contribution in [0.1, 0.15) is 5.69 Å². The first-order chi connectivity index (χ1) is 7.61. The monoisotopic (exact) mass is 261 g/mol. The average Bonchev–Trinajstić information content (AvgIpc) is 2.64. The number of nitrogens with zero attached hydrogens (tertiary/aromatic N) is 2. The van der Waals surface area contributed by atoms with Crippen LogP contribution < -0.4 is 17.2 Å². The number of hydrogen-bond acceptors (Lipinski definition) is 6. The average molecular weight is 261 g/mol. The van der Waals surface area contributed by atoms with E-state index in [-0.39, 0.29) is 12.5 Å². The molecule has 1 aromatic rings. The topological polar surface area (TPSA) is 124 Å². The maximum absolute atomic E-state index is 9.24. The van der Waals surface area contributed by atoms with Gasteiger partial charge in [0.2, 0.25) is 5.13 Å². The summed E-state index contributed by atoms with van der Waals surface area (Å²) in [5, 5.41) is 11.7. The van der Waals surface area contributed by atoms with Crippen molar-refractivity contribution < 1.29 is 5.11 Å². The maximum atomic E-state index is 9.24. The number of thioether (sulfide) groups is 1. The lowest BCUT2D eigenvalue weighted by molar-refractivity contribution is 0.208. The Balaban J connectivity index is 2.38. The Morgan fingerprint density at radius 1 is 1.62 bits per heavy atom. The van der Waals surface area contributed by atoms with Gasteiger partial charge in [0.05, 0.1) is 11.8 Å². The highest BCUT2D eigenvalue weighted by Crippen LogP contribution is 2.21. The van der Waals surface area contributed by atoms with Gasteiger partial charge in [-0.1, -0.05) is 0 Å². The molecule has 1 heterocycles. The molecule has 8 heteroatoms. The second-order valence-corrected chi connectivity index (χ2v) is 4.93. The predicted molar refractivity (Wildman–Crippen MR) is 68.8 cm³/mol. The van der Waals surface area contributed by atoms with E-state index in [1.807, 2.05) is 5.38 Å². The summed E-state index contributed by atoms with van der Waals surface area (Å²) in [7, 11) is 0. The van der Waals surface area contributed by atoms with E-state index in [4.69, 9.17) is 17.2 Å². The largest absolute Gasteiger partial charge is 0.391 e. The van der Waals surface area contributed by atoms with Gasteiger partial charge in [0, 0.05) is 23.4 Å². The van der Waals surface area contributed by atoms with Gasteiger partial charge in [0.1, 0.15) is 0 Å². The van der Waals surface area contributed by atoms with Gasteiger partial charge < -0.3 is 22.3 Å². The van der Waals surface area contributed by atoms with Crippen LogP contribution >= 0.6 is 23.1 Å². The SMILES string of the molecule is NCC(O)CSCc1csc(N=C(N)N)n1. The summed E-state index contributed by atoms with van der Waals surface area (Å²) in [4.78, 5) is 8.05. The van der Waals surface area contributed by atoms with Crippen molar-refractivity contribution in [1.82, 2.24) is 4.98 Å². The molecular weight excluding hydrogens is 246 g/mol. The van der Waals surface area contributed by atoms with E-state index in [1.54, 1.807) is 11.8 Å². The first kappa shape index (κ1) is 13.2. The Morgan fingerprint density at radius 2 is 2.38 bits per heavy atom. The Labute approximate surface area is 102 Å². The van der Waals surface area contributed by atoms with Crippen molar-refractivity contribution in [3.05, 3.63) is 11.1 Å². The van der Waals surface area contributed by atoms with Crippen molar-refractivity contribution in [3.63, 3.8) is 0 Å². The third-order valence-electron chi connectivity index (χ3n) is 1.60. The van der Waals surface area contributed by atoms with Gasteiger partial charge in [-0.2, -0.15) is 16.8 Å². The number of nitrogens with two attached hydrogens (primary N) is 3. The summed E-state index contributed by atoms with van der Waals surface area (Å²) in [5.74, 6) is 1.33. The number of hydrogen-bond donors (Lipinski definition) is 4. The molecule has 7 N–H and O–H groups in total. The lowest BCUT2D eigenvalue weighted by atomic mass is 10.4. The first-order valence-corrected chi connectivity index (χ1v) is 6.65. The van der Waals surface area contributed by atoms with Crippen LogP contribution in [0.3, 0.4) is 0 Å². The Morgan fingerprint density at radius 3 is 3.00 bits per heavy atom. The van der Waals surface area contributed by atoms with Crippen LogP contribution in [0, 0.1) is 0 Å². The number of thiazole rings is 1. The van der Waals surface area contributed by atoms with Crippen molar-refractivity contribution >= 4 is 34.2 Å². The highest BCUT2D eigenvalue weighted by molar-refractivity contribution is 7.98. The van der Waals surface area contributed by atoms with Crippen molar-refractivity contribution in [1.29, 1.82) is 0 Å². The molecule has 1 atom stereocenters. The molecule has 0 spiro atoms. The second-order valence-electron chi connectivity index (χ2n) is 3.06. The molecule has 1 unspecified atom stereocenters. The van der Waals surface area contributed by atoms with Gasteiger partial charge in [-0.05, 0) is 0 Å². The molecule has 0 saturated carbocycles. The van der Waals surface area contributed by atoms with E-state index in [9.17, 15) is 5.11 Å². The highest BCUT2D eigenvalue weighted by Gasteiger charge is 2.04. The number of guanidine groups is 1. The third-order valence-corrected chi connectivity index (χ3v) is 3.50. The number of rotatable bonds is 6. The standard InChI is InChI=1S/C8H15N5OS2/c9-1-6(14)4-15-2-5-3-16-8(12-5)13-7(10)11/h3,6,14H,1-2,4,9H2,(H4,10,11,12,13). The molecule has 0 radical (unpaired) electrons. The highest BCUT2D eigenvalue weighted by atomic mass is 32.2. The van der Waals surface area contributed by atoms with Gasteiger partial charge in [-0.3, -0.25) is 0 Å². The summed E-state index contributed by atoms with van der Waals surface area (Å²) in [6.07, 6.45) is -0.458. The molecule has 0 aliphatic heterocycles. The third kappa shape index (κ3) is 4.79. The molecule has 90 valence electrons. The fraction of sp³-hybridized carbons (Fsp3) is 0.500. The summed E-state index contributed by atoms with van der Waals surface area (Å²) in [6.45, 7) is 0.281. The smallest absolute Gasteiger partial charge is 0.212 e. The summed E-state index contributed by atoms with van der Waals surface area (Å²) < 4.78 is 0. The Bertz CT molecular complexity index is 350. The van der Waals surface area contributed by atoms with Gasteiger partial charge in [-0.15, -0.1) is 11.3 Å². The molecule has 0 amide bonds. The minimum absolute atomic E-state index is 0.00658. The van der Waals surface area contributed by atoms with Gasteiger partial charge in [0.15, 0.2) is 5.96 Å². The second kappa shape index (κ2) is 6.69. The molecule has 0 bridgehead atoms. The molecule has 0 aliphatic rings. The molecule has 1 rings (SSSR count). The van der Waals surface area contributed by atoms with Crippen LogP contribution in [0.15, 0.2) is 10.4 Å². The fourth-order valence-electron chi connectivity index (χ4n) is 0.892. The molecule has 0 aliphatic carbocycles. The van der Waals surface area contributed by atoms with Crippen LogP contribution in [0.2, 0.25) is 0 Å². The number of aliphatic imine (C=N–C) groups is 1. The molecule has 1 aromatic heterocycles. The van der Waals surface area contributed by atoms with Crippen LogP contribution in [-0.4, -0.2) is 34.5 Å². The lowest BCUT2D eigenvalue weighted by Gasteiger charge is -2.05. The van der Waals surface area contributed by atoms with E-state index < -0.39 is 6.10 Å². The van der Waals surface area contributed by atoms with E-state index >= 15 is 0 Å². The summed E-state index contributed by atoms with van der Waals surface area (Å²) >= 11 is 2.96. The fourth-order valence-corrected chi connectivity index (χ4v) is 2.59.